The second-order valence-electron chi connectivity index (χ2n) is 8.86. The van der Waals surface area contributed by atoms with Gasteiger partial charge in [0.25, 0.3) is 5.91 Å². The lowest BCUT2D eigenvalue weighted by Gasteiger charge is -2.07. The van der Waals surface area contributed by atoms with Crippen LogP contribution in [0.1, 0.15) is 39.4 Å². The Bertz CT molecular complexity index is 1510. The summed E-state index contributed by atoms with van der Waals surface area (Å²) in [6, 6.07) is 24.2. The van der Waals surface area contributed by atoms with Gasteiger partial charge in [0.05, 0.1) is 18.4 Å². The average Bonchev–Trinajstić information content (AvgIpc) is 3.64. The molecule has 0 atom stereocenters. The molecule has 35 heavy (non-hydrogen) atoms. The van der Waals surface area contributed by atoms with E-state index in [4.69, 9.17) is 9.15 Å². The molecule has 6 rings (SSSR count). The number of nitrogens with one attached hydrogen (secondary N) is 1. The first-order valence-corrected chi connectivity index (χ1v) is 11.8. The molecule has 0 bridgehead atoms. The Kier molecular flexibility index (Phi) is 5.54. The predicted molar refractivity (Wildman–Crippen MR) is 135 cm³/mol. The van der Waals surface area contributed by atoms with Gasteiger partial charge in [-0.15, -0.1) is 0 Å². The molecule has 0 unspecified atom stereocenters. The van der Waals surface area contributed by atoms with E-state index >= 15 is 0 Å². The fourth-order valence-electron chi connectivity index (χ4n) is 4.68. The van der Waals surface area contributed by atoms with E-state index in [-0.39, 0.29) is 18.3 Å². The highest BCUT2D eigenvalue weighted by Gasteiger charge is 2.15. The van der Waals surface area contributed by atoms with Gasteiger partial charge >= 0.3 is 0 Å². The average molecular weight is 464 g/mol. The number of aryl methyl sites for hydroxylation is 2. The maximum absolute atomic E-state index is 12.7. The summed E-state index contributed by atoms with van der Waals surface area (Å²) in [5.74, 6) is 1.34. The van der Waals surface area contributed by atoms with Gasteiger partial charge in [-0.25, -0.2) is 0 Å². The summed E-state index contributed by atoms with van der Waals surface area (Å²) < 4.78 is 13.4. The zero-order valence-electron chi connectivity index (χ0n) is 19.2. The number of fused-ring (bicyclic) bond motifs is 2. The zero-order valence-corrected chi connectivity index (χ0v) is 19.2. The normalized spacial score (nSPS) is 12.6. The number of aromatic nitrogens is 2. The smallest absolute Gasteiger partial charge is 0.291 e. The molecule has 1 amide bonds. The summed E-state index contributed by atoms with van der Waals surface area (Å²) in [4.78, 5) is 12.7. The predicted octanol–water partition coefficient (Wildman–Crippen LogP) is 6.00. The molecule has 6 nitrogen and oxygen atoms in total. The Labute approximate surface area is 203 Å². The van der Waals surface area contributed by atoms with Crippen LogP contribution in [0.5, 0.6) is 5.75 Å². The molecular weight excluding hydrogens is 438 g/mol. The van der Waals surface area contributed by atoms with E-state index < -0.39 is 0 Å². The molecule has 174 valence electrons. The van der Waals surface area contributed by atoms with Gasteiger partial charge in [-0.2, -0.15) is 5.10 Å². The van der Waals surface area contributed by atoms with Crippen LogP contribution in [0, 0.1) is 0 Å². The largest absolute Gasteiger partial charge is 0.486 e. The van der Waals surface area contributed by atoms with Crippen LogP contribution >= 0.6 is 0 Å². The fraction of sp³-hybridized carbons (Fsp3) is 0.172. The second-order valence-corrected chi connectivity index (χ2v) is 8.86. The molecule has 2 heterocycles. The van der Waals surface area contributed by atoms with Gasteiger partial charge in [0.15, 0.2) is 5.76 Å². The van der Waals surface area contributed by atoms with Crippen LogP contribution in [0.25, 0.3) is 10.8 Å². The van der Waals surface area contributed by atoms with Crippen molar-refractivity contribution in [3.05, 3.63) is 113 Å². The lowest BCUT2D eigenvalue weighted by molar-refractivity contribution is 0.0992. The minimum atomic E-state index is -0.321. The van der Waals surface area contributed by atoms with E-state index in [1.165, 1.54) is 33.9 Å². The third-order valence-corrected chi connectivity index (χ3v) is 6.44. The minimum absolute atomic E-state index is 0.236. The van der Waals surface area contributed by atoms with Crippen LogP contribution in [0.2, 0.25) is 0 Å². The minimum Gasteiger partial charge on any atom is -0.486 e. The Balaban J connectivity index is 1.07. The number of ether oxygens (including phenoxy) is 1. The highest BCUT2D eigenvalue weighted by molar-refractivity contribution is 6.02. The van der Waals surface area contributed by atoms with Gasteiger partial charge in [0.2, 0.25) is 0 Å². The van der Waals surface area contributed by atoms with Gasteiger partial charge in [0, 0.05) is 6.20 Å². The molecule has 2 aromatic heterocycles. The summed E-state index contributed by atoms with van der Waals surface area (Å²) in [7, 11) is 0. The number of benzene rings is 3. The summed E-state index contributed by atoms with van der Waals surface area (Å²) in [6.45, 7) is 0.886. The van der Waals surface area contributed by atoms with Gasteiger partial charge < -0.3 is 14.5 Å². The van der Waals surface area contributed by atoms with Gasteiger partial charge in [-0.05, 0) is 71.0 Å². The number of hydrogen-bond acceptors (Lipinski definition) is 4. The Morgan fingerprint density at radius 2 is 1.89 bits per heavy atom. The van der Waals surface area contributed by atoms with E-state index in [1.807, 2.05) is 35.1 Å². The first-order valence-electron chi connectivity index (χ1n) is 11.8. The van der Waals surface area contributed by atoms with Crippen LogP contribution in [-0.4, -0.2) is 15.7 Å². The fourth-order valence-corrected chi connectivity index (χ4v) is 4.68. The topological polar surface area (TPSA) is 69.3 Å². The molecular formula is C29H25N3O3. The highest BCUT2D eigenvalue weighted by atomic mass is 16.5. The molecule has 5 aromatic rings. The van der Waals surface area contributed by atoms with Crippen LogP contribution in [0.4, 0.5) is 5.69 Å². The molecule has 0 saturated heterocycles. The quantitative estimate of drug-likeness (QED) is 0.322. The number of nitrogens with zero attached hydrogens (tertiary/aromatic N) is 2. The molecule has 1 aliphatic rings. The SMILES string of the molecule is O=C(Nc1cnn(Cc2cccc3ccccc23)c1)c1ccc(COc2ccc3c(c2)CCC3)o1. The van der Waals surface area contributed by atoms with Crippen molar-refractivity contribution in [3.8, 4) is 5.75 Å². The van der Waals surface area contributed by atoms with Crippen LogP contribution in [0.3, 0.4) is 0 Å². The van der Waals surface area contributed by atoms with Crippen molar-refractivity contribution in [2.75, 3.05) is 5.32 Å². The first-order chi connectivity index (χ1) is 17.2. The van der Waals surface area contributed by atoms with Crippen molar-refractivity contribution in [1.82, 2.24) is 9.78 Å². The Morgan fingerprint density at radius 1 is 1.00 bits per heavy atom. The van der Waals surface area contributed by atoms with E-state index in [0.29, 0.717) is 18.0 Å². The highest BCUT2D eigenvalue weighted by Crippen LogP contribution is 2.27. The summed E-state index contributed by atoms with van der Waals surface area (Å²) in [5.41, 5.74) is 4.56. The standard InChI is InChI=1S/C29H25N3O3/c33-29(28-14-13-26(35-28)19-34-25-12-11-20-6-3-8-22(20)15-25)31-24-16-30-32(18-24)17-23-9-4-7-21-5-1-2-10-27(21)23/h1-2,4-5,7,9-16,18H,3,6,8,17,19H2,(H,31,33). The molecule has 0 fully saturated rings. The molecule has 3 aromatic carbocycles. The number of carbonyl (C=O) groups excluding carboxylic acids is 1. The van der Waals surface area contributed by atoms with Gasteiger partial charge in [-0.3, -0.25) is 9.48 Å². The van der Waals surface area contributed by atoms with Gasteiger partial charge in [0.1, 0.15) is 18.1 Å². The monoisotopic (exact) mass is 463 g/mol. The van der Waals surface area contributed by atoms with Crippen LogP contribution < -0.4 is 10.1 Å². The molecule has 1 N–H and O–H groups in total. The van der Waals surface area contributed by atoms with Crippen molar-refractivity contribution in [1.29, 1.82) is 0 Å². The second kappa shape index (κ2) is 9.14. The van der Waals surface area contributed by atoms with Crippen molar-refractivity contribution in [3.63, 3.8) is 0 Å². The Hall–Kier alpha value is -4.32. The Morgan fingerprint density at radius 3 is 2.86 bits per heavy atom. The summed E-state index contributed by atoms with van der Waals surface area (Å²) in [5, 5.41) is 9.66. The summed E-state index contributed by atoms with van der Waals surface area (Å²) in [6.07, 6.45) is 6.92. The van der Waals surface area contributed by atoms with Crippen LogP contribution in [-0.2, 0) is 26.0 Å². The molecule has 6 heteroatoms. The molecule has 0 saturated carbocycles. The van der Waals surface area contributed by atoms with Crippen molar-refractivity contribution in [2.45, 2.75) is 32.4 Å². The van der Waals surface area contributed by atoms with Crippen molar-refractivity contribution < 1.29 is 13.9 Å². The van der Waals surface area contributed by atoms with Crippen molar-refractivity contribution in [2.24, 2.45) is 0 Å². The molecule has 0 aliphatic heterocycles. The lowest BCUT2D eigenvalue weighted by atomic mass is 10.0. The number of carbonyl (C=O) groups is 1. The zero-order chi connectivity index (χ0) is 23.6. The molecule has 1 aliphatic carbocycles. The number of amides is 1. The maximum Gasteiger partial charge on any atom is 0.291 e. The third-order valence-electron chi connectivity index (χ3n) is 6.44. The van der Waals surface area contributed by atoms with E-state index in [2.05, 4.69) is 46.8 Å². The van der Waals surface area contributed by atoms with Crippen LogP contribution in [0.15, 0.2) is 89.6 Å². The number of anilines is 1. The lowest BCUT2D eigenvalue weighted by Crippen LogP contribution is -2.10. The maximum atomic E-state index is 12.7. The summed E-state index contributed by atoms with van der Waals surface area (Å²) >= 11 is 0. The van der Waals surface area contributed by atoms with E-state index in [9.17, 15) is 4.79 Å². The molecule has 0 spiro atoms. The van der Waals surface area contributed by atoms with E-state index in [1.54, 1.807) is 18.3 Å². The van der Waals surface area contributed by atoms with Gasteiger partial charge in [-0.1, -0.05) is 48.5 Å². The van der Waals surface area contributed by atoms with E-state index in [0.717, 1.165) is 18.6 Å². The number of furan rings is 1. The molecule has 0 radical (unpaired) electrons. The van der Waals surface area contributed by atoms with Crippen molar-refractivity contribution >= 4 is 22.4 Å². The number of hydrogen-bond donors (Lipinski definition) is 1. The first kappa shape index (κ1) is 21.2. The number of rotatable bonds is 7. The third kappa shape index (κ3) is 4.55.